The number of hydrogen-bond donors (Lipinski definition) is 4. The first-order chi connectivity index (χ1) is 8.68. The molecule has 0 spiro atoms. The maximum Gasteiger partial charge on any atom is 0.325 e. The molecule has 0 saturated heterocycles. The first-order valence-corrected chi connectivity index (χ1v) is 7.09. The zero-order valence-corrected chi connectivity index (χ0v) is 11.5. The SMILES string of the molecule is CC(C)(CCO)CNS(=O)(=O)c1c[nH]c(=O)[nH]c1=O. The molecule has 0 atom stereocenters. The molecular weight excluding hydrogens is 274 g/mol. The Kier molecular flexibility index (Phi) is 4.66. The Balaban J connectivity index is 2.94. The number of aliphatic hydroxyl groups excluding tert-OH is 1. The van der Waals surface area contributed by atoms with E-state index in [-0.39, 0.29) is 13.2 Å². The number of rotatable bonds is 6. The van der Waals surface area contributed by atoms with Gasteiger partial charge in [0.05, 0.1) is 0 Å². The molecule has 0 bridgehead atoms. The summed E-state index contributed by atoms with van der Waals surface area (Å²) < 4.78 is 26.1. The summed E-state index contributed by atoms with van der Waals surface area (Å²) in [5.74, 6) is 0. The predicted octanol–water partition coefficient (Wildman–Crippen LogP) is -1.25. The maximum absolute atomic E-state index is 11.9. The molecule has 1 aromatic heterocycles. The summed E-state index contributed by atoms with van der Waals surface area (Å²) in [5.41, 5.74) is -2.20. The molecule has 1 rings (SSSR count). The Hall–Kier alpha value is -1.45. The number of aromatic nitrogens is 2. The highest BCUT2D eigenvalue weighted by Crippen LogP contribution is 2.18. The van der Waals surface area contributed by atoms with E-state index in [4.69, 9.17) is 5.11 Å². The van der Waals surface area contributed by atoms with Crippen LogP contribution in [0.15, 0.2) is 20.7 Å². The van der Waals surface area contributed by atoms with Crippen LogP contribution in [0.3, 0.4) is 0 Å². The van der Waals surface area contributed by atoms with Crippen LogP contribution in [0.4, 0.5) is 0 Å². The lowest BCUT2D eigenvalue weighted by molar-refractivity contribution is 0.213. The van der Waals surface area contributed by atoms with Crippen molar-refractivity contribution in [3.63, 3.8) is 0 Å². The van der Waals surface area contributed by atoms with Crippen molar-refractivity contribution in [1.29, 1.82) is 0 Å². The van der Waals surface area contributed by atoms with E-state index in [1.807, 2.05) is 4.98 Å². The monoisotopic (exact) mass is 291 g/mol. The van der Waals surface area contributed by atoms with Gasteiger partial charge in [0.2, 0.25) is 10.0 Å². The summed E-state index contributed by atoms with van der Waals surface area (Å²) in [7, 11) is -4.00. The van der Waals surface area contributed by atoms with E-state index in [2.05, 4.69) is 9.71 Å². The average Bonchev–Trinajstić information content (AvgIpc) is 2.26. The van der Waals surface area contributed by atoms with Gasteiger partial charge in [-0.1, -0.05) is 13.8 Å². The van der Waals surface area contributed by atoms with Crippen molar-refractivity contribution in [3.8, 4) is 0 Å². The van der Waals surface area contributed by atoms with Gasteiger partial charge in [0.1, 0.15) is 0 Å². The second-order valence-corrected chi connectivity index (χ2v) is 6.63. The summed E-state index contributed by atoms with van der Waals surface area (Å²) in [6, 6.07) is 0. The normalized spacial score (nSPS) is 12.6. The highest BCUT2D eigenvalue weighted by molar-refractivity contribution is 7.89. The van der Waals surface area contributed by atoms with Crippen LogP contribution < -0.4 is 16.0 Å². The lowest BCUT2D eigenvalue weighted by Gasteiger charge is -2.23. The molecule has 1 heterocycles. The Morgan fingerprint density at radius 2 is 2.00 bits per heavy atom. The van der Waals surface area contributed by atoms with E-state index in [9.17, 15) is 18.0 Å². The largest absolute Gasteiger partial charge is 0.396 e. The summed E-state index contributed by atoms with van der Waals surface area (Å²) in [4.78, 5) is 25.6. The highest BCUT2D eigenvalue weighted by atomic mass is 32.2. The molecule has 1 aromatic rings. The average molecular weight is 291 g/mol. The van der Waals surface area contributed by atoms with E-state index in [0.29, 0.717) is 6.42 Å². The minimum atomic E-state index is -4.00. The molecule has 8 nitrogen and oxygen atoms in total. The van der Waals surface area contributed by atoms with Crippen molar-refractivity contribution >= 4 is 10.0 Å². The fraction of sp³-hybridized carbons (Fsp3) is 0.600. The summed E-state index contributed by atoms with van der Waals surface area (Å²) >= 11 is 0. The summed E-state index contributed by atoms with van der Waals surface area (Å²) in [6.45, 7) is 3.56. The minimum Gasteiger partial charge on any atom is -0.396 e. The molecule has 108 valence electrons. The second-order valence-electron chi connectivity index (χ2n) is 4.90. The highest BCUT2D eigenvalue weighted by Gasteiger charge is 2.24. The van der Waals surface area contributed by atoms with E-state index < -0.39 is 31.6 Å². The van der Waals surface area contributed by atoms with Crippen molar-refractivity contribution in [2.45, 2.75) is 25.2 Å². The number of H-pyrrole nitrogens is 2. The molecule has 0 unspecified atom stereocenters. The zero-order chi connectivity index (χ0) is 14.7. The molecule has 0 aliphatic rings. The molecule has 0 aliphatic carbocycles. The van der Waals surface area contributed by atoms with Crippen LogP contribution >= 0.6 is 0 Å². The van der Waals surface area contributed by atoms with Gasteiger partial charge in [-0.15, -0.1) is 0 Å². The molecule has 9 heteroatoms. The van der Waals surface area contributed by atoms with E-state index >= 15 is 0 Å². The minimum absolute atomic E-state index is 0.0615. The topological polar surface area (TPSA) is 132 Å². The van der Waals surface area contributed by atoms with Gasteiger partial charge in [0, 0.05) is 19.3 Å². The molecule has 0 amide bonds. The molecule has 0 radical (unpaired) electrons. The first kappa shape index (κ1) is 15.6. The van der Waals surface area contributed by atoms with Crippen LogP contribution in [0.2, 0.25) is 0 Å². The van der Waals surface area contributed by atoms with Crippen LogP contribution in [0.1, 0.15) is 20.3 Å². The van der Waals surface area contributed by atoms with Gasteiger partial charge in [-0.2, -0.15) is 0 Å². The van der Waals surface area contributed by atoms with E-state index in [1.54, 1.807) is 13.8 Å². The van der Waals surface area contributed by atoms with Crippen LogP contribution in [0, 0.1) is 5.41 Å². The molecule has 4 N–H and O–H groups in total. The van der Waals surface area contributed by atoms with Crippen molar-refractivity contribution in [3.05, 3.63) is 27.0 Å². The van der Waals surface area contributed by atoms with Gasteiger partial charge in [-0.25, -0.2) is 17.9 Å². The van der Waals surface area contributed by atoms with Crippen molar-refractivity contribution < 1.29 is 13.5 Å². The van der Waals surface area contributed by atoms with Gasteiger partial charge in [0.15, 0.2) is 4.90 Å². The van der Waals surface area contributed by atoms with Gasteiger partial charge in [-0.3, -0.25) is 9.78 Å². The third-order valence-electron chi connectivity index (χ3n) is 2.60. The van der Waals surface area contributed by atoms with Gasteiger partial charge >= 0.3 is 5.69 Å². The molecule has 0 fully saturated rings. The Morgan fingerprint density at radius 3 is 2.53 bits per heavy atom. The van der Waals surface area contributed by atoms with E-state index in [0.717, 1.165) is 6.20 Å². The van der Waals surface area contributed by atoms with Crippen LogP contribution in [-0.4, -0.2) is 36.6 Å². The second kappa shape index (κ2) is 5.68. The molecule has 19 heavy (non-hydrogen) atoms. The van der Waals surface area contributed by atoms with Crippen molar-refractivity contribution in [1.82, 2.24) is 14.7 Å². The quantitative estimate of drug-likeness (QED) is 0.520. The van der Waals surface area contributed by atoms with Crippen molar-refractivity contribution in [2.24, 2.45) is 5.41 Å². The number of aromatic amines is 2. The van der Waals surface area contributed by atoms with E-state index in [1.165, 1.54) is 0 Å². The zero-order valence-electron chi connectivity index (χ0n) is 10.7. The third-order valence-corrected chi connectivity index (χ3v) is 4.01. The smallest absolute Gasteiger partial charge is 0.325 e. The molecule has 0 saturated carbocycles. The van der Waals surface area contributed by atoms with Gasteiger partial charge in [0.25, 0.3) is 5.56 Å². The van der Waals surface area contributed by atoms with Gasteiger partial charge in [-0.05, 0) is 11.8 Å². The van der Waals surface area contributed by atoms with Crippen LogP contribution in [-0.2, 0) is 10.0 Å². The lowest BCUT2D eigenvalue weighted by Crippen LogP contribution is -2.38. The summed E-state index contributed by atoms with van der Waals surface area (Å²) in [5, 5.41) is 8.85. The predicted molar refractivity (Wildman–Crippen MR) is 68.4 cm³/mol. The first-order valence-electron chi connectivity index (χ1n) is 5.60. The number of sulfonamides is 1. The summed E-state index contributed by atoms with van der Waals surface area (Å²) in [6.07, 6.45) is 1.26. The lowest BCUT2D eigenvalue weighted by atomic mass is 9.90. The Morgan fingerprint density at radius 1 is 1.37 bits per heavy atom. The Bertz CT molecular complexity index is 644. The molecule has 0 aromatic carbocycles. The standard InChI is InChI=1S/C10H17N3O5S/c1-10(2,3-4-14)6-12-19(17,18)7-5-11-9(16)13-8(7)15/h5,12,14H,3-4,6H2,1-2H3,(H2,11,13,15,16). The Labute approximate surface area is 109 Å². The van der Waals surface area contributed by atoms with Gasteiger partial charge < -0.3 is 10.1 Å². The van der Waals surface area contributed by atoms with Crippen LogP contribution in [0.25, 0.3) is 0 Å². The fourth-order valence-electron chi connectivity index (χ4n) is 1.36. The third kappa shape index (κ3) is 4.30. The fourth-order valence-corrected chi connectivity index (χ4v) is 2.60. The van der Waals surface area contributed by atoms with Crippen LogP contribution in [0.5, 0.6) is 0 Å². The molecule has 0 aliphatic heterocycles. The maximum atomic E-state index is 11.9. The number of hydrogen-bond acceptors (Lipinski definition) is 5. The van der Waals surface area contributed by atoms with Crippen molar-refractivity contribution in [2.75, 3.05) is 13.2 Å². The number of nitrogens with one attached hydrogen (secondary N) is 3. The molecular formula is C10H17N3O5S. The number of aliphatic hydroxyl groups is 1.